The van der Waals surface area contributed by atoms with Crippen molar-refractivity contribution in [1.29, 1.82) is 0 Å². The summed E-state index contributed by atoms with van der Waals surface area (Å²) in [6, 6.07) is 11.7. The maximum atomic E-state index is 13.3. The molecule has 0 aliphatic carbocycles. The number of halogens is 1. The molecule has 3 aromatic rings. The number of hydrogen-bond donors (Lipinski definition) is 2. The maximum Gasteiger partial charge on any atom is 0.125 e. The van der Waals surface area contributed by atoms with Crippen LogP contribution in [0.4, 0.5) is 4.39 Å². The van der Waals surface area contributed by atoms with Crippen LogP contribution < -0.4 is 0 Å². The minimum atomic E-state index is -0.403. The average Bonchev–Trinajstić information content (AvgIpc) is 2.90. The Hall–Kier alpha value is -2.62. The van der Waals surface area contributed by atoms with Crippen molar-refractivity contribution in [3.63, 3.8) is 0 Å². The summed E-state index contributed by atoms with van der Waals surface area (Å²) in [5.74, 6) is -0.393. The van der Waals surface area contributed by atoms with Gasteiger partial charge in [-0.1, -0.05) is 18.2 Å². The summed E-state index contributed by atoms with van der Waals surface area (Å²) in [6.45, 7) is 4.06. The molecule has 2 aromatic carbocycles. The molecule has 0 saturated heterocycles. The summed E-state index contributed by atoms with van der Waals surface area (Å²) in [7, 11) is 0. The zero-order valence-electron chi connectivity index (χ0n) is 11.8. The molecule has 0 saturated carbocycles. The summed E-state index contributed by atoms with van der Waals surface area (Å²) in [5, 5.41) is 17.0. The topological polar surface area (TPSA) is 48.9 Å². The van der Waals surface area contributed by atoms with E-state index in [1.165, 1.54) is 18.2 Å². The molecule has 0 amide bonds. The van der Waals surface area contributed by atoms with E-state index >= 15 is 0 Å². The number of phenols is 1. The SMILES string of the molecule is Cc1cccc(C)c1-c1cc(-c2cc(F)ccc2O)n[nH]1. The lowest BCUT2D eigenvalue weighted by Crippen LogP contribution is -1.87. The lowest BCUT2D eigenvalue weighted by atomic mass is 9.99. The number of phenolic OH excluding ortho intramolecular Hbond substituents is 1. The van der Waals surface area contributed by atoms with Crippen LogP contribution in [-0.2, 0) is 0 Å². The Morgan fingerprint density at radius 2 is 1.76 bits per heavy atom. The van der Waals surface area contributed by atoms with Crippen LogP contribution in [0.2, 0.25) is 0 Å². The fourth-order valence-electron chi connectivity index (χ4n) is 2.54. The number of aromatic amines is 1. The highest BCUT2D eigenvalue weighted by Gasteiger charge is 2.13. The van der Waals surface area contributed by atoms with Crippen LogP contribution in [0.1, 0.15) is 11.1 Å². The van der Waals surface area contributed by atoms with E-state index in [-0.39, 0.29) is 5.75 Å². The Labute approximate surface area is 122 Å². The van der Waals surface area contributed by atoms with E-state index in [1.807, 2.05) is 38.1 Å². The molecule has 0 unspecified atom stereocenters. The largest absolute Gasteiger partial charge is 0.507 e. The second kappa shape index (κ2) is 5.05. The number of aryl methyl sites for hydroxylation is 2. The minimum absolute atomic E-state index is 0.0101. The van der Waals surface area contributed by atoms with Crippen LogP contribution in [-0.4, -0.2) is 15.3 Å². The third-order valence-corrected chi connectivity index (χ3v) is 3.56. The molecular weight excluding hydrogens is 267 g/mol. The van der Waals surface area contributed by atoms with Crippen molar-refractivity contribution in [1.82, 2.24) is 10.2 Å². The molecule has 0 bridgehead atoms. The minimum Gasteiger partial charge on any atom is -0.507 e. The molecule has 21 heavy (non-hydrogen) atoms. The van der Waals surface area contributed by atoms with Gasteiger partial charge in [-0.15, -0.1) is 0 Å². The molecule has 0 spiro atoms. The maximum absolute atomic E-state index is 13.3. The third kappa shape index (κ3) is 2.40. The van der Waals surface area contributed by atoms with Gasteiger partial charge in [-0.05, 0) is 49.2 Å². The molecule has 2 N–H and O–H groups in total. The number of benzene rings is 2. The van der Waals surface area contributed by atoms with E-state index in [0.717, 1.165) is 22.4 Å². The number of nitrogens with zero attached hydrogens (tertiary/aromatic N) is 1. The molecule has 0 atom stereocenters. The standard InChI is InChI=1S/C17H15FN2O/c1-10-4-3-5-11(2)17(10)15-9-14(19-20-15)13-8-12(18)6-7-16(13)21/h3-9,21H,1-2H3,(H,19,20). The Bertz CT molecular complexity index is 788. The molecule has 1 heterocycles. The Kier molecular flexibility index (Phi) is 3.22. The van der Waals surface area contributed by atoms with Gasteiger partial charge in [-0.2, -0.15) is 5.10 Å². The lowest BCUT2D eigenvalue weighted by molar-refractivity contribution is 0.475. The van der Waals surface area contributed by atoms with Gasteiger partial charge >= 0.3 is 0 Å². The number of aromatic hydroxyl groups is 1. The van der Waals surface area contributed by atoms with Gasteiger partial charge < -0.3 is 5.11 Å². The van der Waals surface area contributed by atoms with E-state index in [1.54, 1.807) is 0 Å². The van der Waals surface area contributed by atoms with Gasteiger partial charge in [0.15, 0.2) is 0 Å². The van der Waals surface area contributed by atoms with Gasteiger partial charge in [-0.25, -0.2) is 4.39 Å². The van der Waals surface area contributed by atoms with E-state index < -0.39 is 5.82 Å². The van der Waals surface area contributed by atoms with Crippen LogP contribution in [0.5, 0.6) is 5.75 Å². The first-order chi connectivity index (χ1) is 10.1. The zero-order valence-corrected chi connectivity index (χ0v) is 11.8. The van der Waals surface area contributed by atoms with Gasteiger partial charge in [0.25, 0.3) is 0 Å². The van der Waals surface area contributed by atoms with Gasteiger partial charge in [0, 0.05) is 11.1 Å². The quantitative estimate of drug-likeness (QED) is 0.740. The van der Waals surface area contributed by atoms with Crippen molar-refractivity contribution in [2.45, 2.75) is 13.8 Å². The third-order valence-electron chi connectivity index (χ3n) is 3.56. The molecular formula is C17H15FN2O. The normalized spacial score (nSPS) is 10.8. The van der Waals surface area contributed by atoms with Crippen molar-refractivity contribution in [2.75, 3.05) is 0 Å². The number of H-pyrrole nitrogens is 1. The Balaban J connectivity index is 2.10. The van der Waals surface area contributed by atoms with Gasteiger partial charge in [-0.3, -0.25) is 5.10 Å². The highest BCUT2D eigenvalue weighted by Crippen LogP contribution is 2.32. The first-order valence-corrected chi connectivity index (χ1v) is 6.67. The summed E-state index contributed by atoms with van der Waals surface area (Å²) in [6.07, 6.45) is 0. The second-order valence-electron chi connectivity index (χ2n) is 5.10. The van der Waals surface area contributed by atoms with Crippen LogP contribution in [0, 0.1) is 19.7 Å². The fourth-order valence-corrected chi connectivity index (χ4v) is 2.54. The first-order valence-electron chi connectivity index (χ1n) is 6.67. The van der Waals surface area contributed by atoms with E-state index in [4.69, 9.17) is 0 Å². The lowest BCUT2D eigenvalue weighted by Gasteiger charge is -2.06. The molecule has 106 valence electrons. The van der Waals surface area contributed by atoms with Crippen molar-refractivity contribution < 1.29 is 9.50 Å². The summed E-state index contributed by atoms with van der Waals surface area (Å²) in [4.78, 5) is 0. The highest BCUT2D eigenvalue weighted by atomic mass is 19.1. The van der Waals surface area contributed by atoms with Crippen LogP contribution in [0.15, 0.2) is 42.5 Å². The van der Waals surface area contributed by atoms with E-state index in [0.29, 0.717) is 11.3 Å². The Morgan fingerprint density at radius 1 is 1.05 bits per heavy atom. The predicted octanol–water partition coefficient (Wildman–Crippen LogP) is 4.21. The number of rotatable bonds is 2. The summed E-state index contributed by atoms with van der Waals surface area (Å²) < 4.78 is 13.3. The molecule has 4 heteroatoms. The van der Waals surface area contributed by atoms with E-state index in [9.17, 15) is 9.50 Å². The van der Waals surface area contributed by atoms with Crippen LogP contribution in [0.3, 0.4) is 0 Å². The van der Waals surface area contributed by atoms with Gasteiger partial charge in [0.2, 0.25) is 0 Å². The van der Waals surface area contributed by atoms with Crippen molar-refractivity contribution >= 4 is 0 Å². The fraction of sp³-hybridized carbons (Fsp3) is 0.118. The number of hydrogen-bond acceptors (Lipinski definition) is 2. The van der Waals surface area contributed by atoms with Crippen molar-refractivity contribution in [3.05, 3.63) is 59.4 Å². The first kappa shape index (κ1) is 13.4. The number of nitrogens with one attached hydrogen (secondary N) is 1. The molecule has 1 aromatic heterocycles. The van der Waals surface area contributed by atoms with Crippen LogP contribution in [0.25, 0.3) is 22.5 Å². The van der Waals surface area contributed by atoms with Gasteiger partial charge in [0.1, 0.15) is 11.6 Å². The monoisotopic (exact) mass is 282 g/mol. The average molecular weight is 282 g/mol. The number of aromatic nitrogens is 2. The predicted molar refractivity (Wildman–Crippen MR) is 80.6 cm³/mol. The van der Waals surface area contributed by atoms with E-state index in [2.05, 4.69) is 10.2 Å². The molecule has 0 fully saturated rings. The molecule has 0 aliphatic rings. The molecule has 3 nitrogen and oxygen atoms in total. The van der Waals surface area contributed by atoms with Crippen molar-refractivity contribution in [2.24, 2.45) is 0 Å². The van der Waals surface area contributed by atoms with Crippen LogP contribution >= 0.6 is 0 Å². The Morgan fingerprint density at radius 3 is 2.48 bits per heavy atom. The van der Waals surface area contributed by atoms with Crippen molar-refractivity contribution in [3.8, 4) is 28.3 Å². The molecule has 3 rings (SSSR count). The summed E-state index contributed by atoms with van der Waals surface area (Å²) >= 11 is 0. The second-order valence-corrected chi connectivity index (χ2v) is 5.10. The zero-order chi connectivity index (χ0) is 15.0. The van der Waals surface area contributed by atoms with Gasteiger partial charge in [0.05, 0.1) is 11.4 Å². The highest BCUT2D eigenvalue weighted by molar-refractivity contribution is 5.74. The smallest absolute Gasteiger partial charge is 0.125 e. The summed E-state index contributed by atoms with van der Waals surface area (Å²) in [5.41, 5.74) is 5.09. The molecule has 0 aliphatic heterocycles. The molecule has 0 radical (unpaired) electrons.